The van der Waals surface area contributed by atoms with Gasteiger partial charge in [0.15, 0.2) is 0 Å². The van der Waals surface area contributed by atoms with Gasteiger partial charge in [0.05, 0.1) is 29.7 Å². The number of aromatic nitrogens is 3. The van der Waals surface area contributed by atoms with Crippen LogP contribution in [0.15, 0.2) is 97.2 Å². The Kier molecular flexibility index (Phi) is 5.60. The van der Waals surface area contributed by atoms with Gasteiger partial charge in [0, 0.05) is 17.4 Å². The lowest BCUT2D eigenvalue weighted by Gasteiger charge is -2.31. The Bertz CT molecular complexity index is 1570. The van der Waals surface area contributed by atoms with E-state index in [9.17, 15) is 9.18 Å². The molecule has 37 heavy (non-hydrogen) atoms. The number of anilines is 1. The second kappa shape index (κ2) is 9.09. The molecule has 184 valence electrons. The molecule has 0 saturated carbocycles. The molecule has 0 fully saturated rings. The molecule has 3 aromatic carbocycles. The van der Waals surface area contributed by atoms with E-state index in [4.69, 9.17) is 5.10 Å². The van der Waals surface area contributed by atoms with Gasteiger partial charge < -0.3 is 14.8 Å². The number of benzene rings is 3. The number of urea groups is 1. The van der Waals surface area contributed by atoms with Crippen LogP contribution < -0.4 is 5.32 Å². The molecule has 3 heterocycles. The number of para-hydroxylation sites is 1. The van der Waals surface area contributed by atoms with Crippen molar-refractivity contribution in [2.24, 2.45) is 0 Å². The highest BCUT2D eigenvalue weighted by molar-refractivity contribution is 5.90. The lowest BCUT2D eigenvalue weighted by molar-refractivity contribution is 0.194. The largest absolute Gasteiger partial charge is 0.322 e. The van der Waals surface area contributed by atoms with Crippen LogP contribution in [0.4, 0.5) is 14.9 Å². The van der Waals surface area contributed by atoms with Crippen molar-refractivity contribution >= 4 is 11.7 Å². The number of carbonyl (C=O) groups excluding carboxylic acids is 1. The first kappa shape index (κ1) is 22.8. The Morgan fingerprint density at radius 3 is 2.38 bits per heavy atom. The van der Waals surface area contributed by atoms with Crippen molar-refractivity contribution in [1.29, 1.82) is 0 Å². The molecule has 5 aromatic rings. The Balaban J connectivity index is 1.53. The summed E-state index contributed by atoms with van der Waals surface area (Å²) in [5.74, 6) is 0.564. The first-order valence-electron chi connectivity index (χ1n) is 12.2. The number of hydrogen-bond acceptors (Lipinski definition) is 2. The minimum atomic E-state index is -0.355. The molecule has 0 bridgehead atoms. The molecule has 2 amide bonds. The van der Waals surface area contributed by atoms with Gasteiger partial charge in [-0.3, -0.25) is 0 Å². The van der Waals surface area contributed by atoms with Crippen LogP contribution in [0.3, 0.4) is 0 Å². The fraction of sp³-hybridized carbons (Fsp3) is 0.133. The second-order valence-electron chi connectivity index (χ2n) is 9.32. The summed E-state index contributed by atoms with van der Waals surface area (Å²) in [4.78, 5) is 15.7. The van der Waals surface area contributed by atoms with Gasteiger partial charge >= 0.3 is 6.03 Å². The zero-order valence-electron chi connectivity index (χ0n) is 20.6. The lowest BCUT2D eigenvalue weighted by atomic mass is 10.0. The molecular weight excluding hydrogens is 465 g/mol. The van der Waals surface area contributed by atoms with Crippen molar-refractivity contribution in [3.63, 3.8) is 0 Å². The smallest absolute Gasteiger partial charge is 0.308 e. The van der Waals surface area contributed by atoms with Crippen molar-refractivity contribution in [2.45, 2.75) is 26.4 Å². The van der Waals surface area contributed by atoms with Crippen molar-refractivity contribution in [3.05, 3.63) is 131 Å². The normalized spacial score (nSPS) is 14.6. The first-order chi connectivity index (χ1) is 18.0. The van der Waals surface area contributed by atoms with Crippen LogP contribution in [0.5, 0.6) is 0 Å². The van der Waals surface area contributed by atoms with Gasteiger partial charge in [-0.25, -0.2) is 13.9 Å². The van der Waals surface area contributed by atoms with Crippen molar-refractivity contribution < 1.29 is 9.18 Å². The molecule has 0 spiro atoms. The van der Waals surface area contributed by atoms with Crippen LogP contribution in [0.2, 0.25) is 0 Å². The number of fused-ring (bicyclic) bond motifs is 3. The average molecular weight is 492 g/mol. The topological polar surface area (TPSA) is 55.1 Å². The van der Waals surface area contributed by atoms with Gasteiger partial charge in [-0.05, 0) is 67.9 Å². The minimum absolute atomic E-state index is 0.273. The fourth-order valence-corrected chi connectivity index (χ4v) is 4.98. The van der Waals surface area contributed by atoms with E-state index in [1.165, 1.54) is 12.1 Å². The number of rotatable bonds is 3. The van der Waals surface area contributed by atoms with Gasteiger partial charge in [-0.15, -0.1) is 0 Å². The van der Waals surface area contributed by atoms with Gasteiger partial charge in [0.25, 0.3) is 0 Å². The summed E-state index contributed by atoms with van der Waals surface area (Å²) < 4.78 is 17.6. The molecule has 7 heteroatoms. The molecule has 1 aliphatic heterocycles. The lowest BCUT2D eigenvalue weighted by Crippen LogP contribution is -2.38. The van der Waals surface area contributed by atoms with E-state index in [0.29, 0.717) is 12.2 Å². The van der Waals surface area contributed by atoms with E-state index in [-0.39, 0.29) is 17.9 Å². The van der Waals surface area contributed by atoms with Crippen molar-refractivity contribution in [3.8, 4) is 11.5 Å². The number of nitrogens with zero attached hydrogens (tertiary/aromatic N) is 4. The molecule has 1 aliphatic rings. The fourth-order valence-electron chi connectivity index (χ4n) is 4.98. The summed E-state index contributed by atoms with van der Waals surface area (Å²) in [6, 6.07) is 27.5. The third-order valence-corrected chi connectivity index (χ3v) is 6.84. The number of nitrogens with one attached hydrogen (secondary N) is 1. The summed E-state index contributed by atoms with van der Waals surface area (Å²) in [5.41, 5.74) is 6.39. The highest BCUT2D eigenvalue weighted by Crippen LogP contribution is 2.38. The molecule has 0 saturated heterocycles. The molecule has 0 aliphatic carbocycles. The van der Waals surface area contributed by atoms with Crippen molar-refractivity contribution in [1.82, 2.24) is 19.2 Å². The summed E-state index contributed by atoms with van der Waals surface area (Å²) in [6.45, 7) is 4.37. The predicted octanol–water partition coefficient (Wildman–Crippen LogP) is 6.56. The van der Waals surface area contributed by atoms with Gasteiger partial charge in [0.2, 0.25) is 0 Å². The van der Waals surface area contributed by atoms with E-state index >= 15 is 0 Å². The maximum atomic E-state index is 13.9. The molecule has 1 atom stereocenters. The molecular formula is C30H26FN5O. The van der Waals surface area contributed by atoms with Crippen LogP contribution in [0, 0.1) is 19.7 Å². The number of carbonyl (C=O) groups is 1. The number of hydrogen-bond donors (Lipinski definition) is 1. The van der Waals surface area contributed by atoms with Gasteiger partial charge in [0.1, 0.15) is 11.6 Å². The maximum Gasteiger partial charge on any atom is 0.322 e. The molecule has 6 nitrogen and oxygen atoms in total. The SMILES string of the molecule is Cc1ccc([C@H]2c3cccn3-c3c(c(C)nn3-c3ccccc3)CN2C(=O)Nc2ccc(F)cc2)cc1. The number of halogens is 1. The predicted molar refractivity (Wildman–Crippen MR) is 142 cm³/mol. The number of aryl methyl sites for hydroxylation is 2. The van der Waals surface area contributed by atoms with E-state index in [2.05, 4.69) is 40.2 Å². The Hall–Kier alpha value is -4.65. The van der Waals surface area contributed by atoms with Crippen LogP contribution in [-0.2, 0) is 6.54 Å². The quantitative estimate of drug-likeness (QED) is 0.311. The minimum Gasteiger partial charge on any atom is -0.308 e. The van der Waals surface area contributed by atoms with Gasteiger partial charge in [-0.2, -0.15) is 5.10 Å². The molecule has 6 rings (SSSR count). The zero-order chi connectivity index (χ0) is 25.5. The van der Waals surface area contributed by atoms with Gasteiger partial charge in [-0.1, -0.05) is 48.0 Å². The first-order valence-corrected chi connectivity index (χ1v) is 12.2. The summed E-state index contributed by atoms with van der Waals surface area (Å²) in [5, 5.41) is 7.85. The van der Waals surface area contributed by atoms with E-state index in [1.807, 2.05) is 66.0 Å². The Morgan fingerprint density at radius 1 is 0.919 bits per heavy atom. The standard InChI is InChI=1S/C30H26FN5O/c1-20-10-12-22(13-11-20)28-27-9-6-18-34(27)29-26(21(2)33-36(29)25-7-4-3-5-8-25)19-35(28)30(37)32-24-16-14-23(31)15-17-24/h3-18,28H,19H2,1-2H3,(H,32,37)/t28-/m0/s1. The van der Waals surface area contributed by atoms with Crippen LogP contribution >= 0.6 is 0 Å². The summed E-state index contributed by atoms with van der Waals surface area (Å²) >= 11 is 0. The molecule has 0 radical (unpaired) electrons. The van der Waals surface area contributed by atoms with Crippen LogP contribution in [0.1, 0.15) is 34.1 Å². The highest BCUT2D eigenvalue weighted by Gasteiger charge is 2.36. The third-order valence-electron chi connectivity index (χ3n) is 6.84. The Labute approximate surface area is 214 Å². The monoisotopic (exact) mass is 491 g/mol. The Morgan fingerprint density at radius 2 is 1.65 bits per heavy atom. The third kappa shape index (κ3) is 4.08. The molecule has 2 aromatic heterocycles. The maximum absolute atomic E-state index is 13.9. The summed E-state index contributed by atoms with van der Waals surface area (Å²) in [6.07, 6.45) is 2.03. The summed E-state index contributed by atoms with van der Waals surface area (Å²) in [7, 11) is 0. The van der Waals surface area contributed by atoms with Crippen LogP contribution in [-0.4, -0.2) is 25.3 Å². The van der Waals surface area contributed by atoms with E-state index < -0.39 is 0 Å². The molecule has 1 N–H and O–H groups in total. The van der Waals surface area contributed by atoms with Crippen molar-refractivity contribution in [2.75, 3.05) is 5.32 Å². The highest BCUT2D eigenvalue weighted by atomic mass is 19.1. The number of amides is 2. The second-order valence-corrected chi connectivity index (χ2v) is 9.32. The van der Waals surface area contributed by atoms with E-state index in [1.54, 1.807) is 12.1 Å². The zero-order valence-corrected chi connectivity index (χ0v) is 20.6. The van der Waals surface area contributed by atoms with E-state index in [0.717, 1.165) is 39.6 Å². The molecule has 0 unspecified atom stereocenters. The average Bonchev–Trinajstić information content (AvgIpc) is 3.47. The van der Waals surface area contributed by atoms with Crippen LogP contribution in [0.25, 0.3) is 11.5 Å².